The molecule has 1 heterocycles. The summed E-state index contributed by atoms with van der Waals surface area (Å²) in [5.41, 5.74) is 6.43. The minimum absolute atomic E-state index is 0.250. The summed E-state index contributed by atoms with van der Waals surface area (Å²) in [6.45, 7) is 4.00. The number of nitrogens with two attached hydrogens (primary N) is 1. The van der Waals surface area contributed by atoms with Crippen LogP contribution in [0.5, 0.6) is 0 Å². The molecule has 3 N–H and O–H groups in total. The lowest BCUT2D eigenvalue weighted by Crippen LogP contribution is -2.07. The smallest absolute Gasteiger partial charge is 0.358 e. The molecular weight excluding hydrogens is 170 g/mol. The normalized spacial score (nSPS) is 10.0. The van der Waals surface area contributed by atoms with Crippen LogP contribution in [0.4, 0.5) is 5.95 Å². The third kappa shape index (κ3) is 1.99. The van der Waals surface area contributed by atoms with Gasteiger partial charge in [-0.2, -0.15) is 0 Å². The maximum absolute atomic E-state index is 11.3. The summed E-state index contributed by atoms with van der Waals surface area (Å²) >= 11 is 0. The third-order valence-electron chi connectivity index (χ3n) is 1.62. The summed E-state index contributed by atoms with van der Waals surface area (Å²) in [7, 11) is 0. The molecule has 5 heteroatoms. The van der Waals surface area contributed by atoms with E-state index in [9.17, 15) is 4.79 Å². The lowest BCUT2D eigenvalue weighted by Gasteiger charge is -1.98. The molecule has 1 aromatic heterocycles. The van der Waals surface area contributed by atoms with Crippen LogP contribution in [-0.2, 0) is 11.2 Å². The van der Waals surface area contributed by atoms with Crippen LogP contribution >= 0.6 is 0 Å². The van der Waals surface area contributed by atoms with Crippen molar-refractivity contribution in [2.75, 3.05) is 12.3 Å². The Morgan fingerprint density at radius 1 is 1.62 bits per heavy atom. The van der Waals surface area contributed by atoms with Gasteiger partial charge in [-0.05, 0) is 13.3 Å². The molecule has 13 heavy (non-hydrogen) atoms. The van der Waals surface area contributed by atoms with E-state index in [4.69, 9.17) is 10.5 Å². The van der Waals surface area contributed by atoms with Gasteiger partial charge in [-0.25, -0.2) is 9.78 Å². The predicted molar refractivity (Wildman–Crippen MR) is 48.3 cm³/mol. The average Bonchev–Trinajstić information content (AvgIpc) is 2.47. The molecular formula is C8H13N3O2. The Kier molecular flexibility index (Phi) is 2.89. The van der Waals surface area contributed by atoms with Gasteiger partial charge < -0.3 is 15.5 Å². The van der Waals surface area contributed by atoms with Gasteiger partial charge in [0.25, 0.3) is 0 Å². The van der Waals surface area contributed by atoms with E-state index < -0.39 is 5.97 Å². The molecule has 0 aliphatic carbocycles. The molecule has 0 saturated carbocycles. The van der Waals surface area contributed by atoms with E-state index in [1.54, 1.807) is 6.92 Å². The molecule has 0 aliphatic heterocycles. The number of aromatic nitrogens is 2. The standard InChI is InChI=1S/C8H13N3O2/c1-3-5-6(7(12)13-4-2)11-8(9)10-5/h3-4H2,1-2H3,(H3,9,10,11). The van der Waals surface area contributed by atoms with Crippen LogP contribution in [0.25, 0.3) is 0 Å². The Morgan fingerprint density at radius 3 is 2.85 bits per heavy atom. The number of imidazole rings is 1. The summed E-state index contributed by atoms with van der Waals surface area (Å²) in [5, 5.41) is 0. The molecule has 0 atom stereocenters. The molecule has 0 spiro atoms. The number of nitrogen functional groups attached to an aromatic ring is 1. The molecule has 0 saturated heterocycles. The number of nitrogens with one attached hydrogen (secondary N) is 1. The van der Waals surface area contributed by atoms with Crippen molar-refractivity contribution < 1.29 is 9.53 Å². The van der Waals surface area contributed by atoms with E-state index in [2.05, 4.69) is 9.97 Å². The fraction of sp³-hybridized carbons (Fsp3) is 0.500. The van der Waals surface area contributed by atoms with Crippen LogP contribution in [0.15, 0.2) is 0 Å². The first-order chi connectivity index (χ1) is 6.19. The molecule has 0 unspecified atom stereocenters. The van der Waals surface area contributed by atoms with Crippen molar-refractivity contribution in [3.05, 3.63) is 11.4 Å². The Labute approximate surface area is 76.3 Å². The lowest BCUT2D eigenvalue weighted by molar-refractivity contribution is 0.0519. The number of carbonyl (C=O) groups is 1. The van der Waals surface area contributed by atoms with Crippen molar-refractivity contribution in [2.24, 2.45) is 0 Å². The van der Waals surface area contributed by atoms with Crippen LogP contribution in [0.3, 0.4) is 0 Å². The number of hydrogen-bond acceptors (Lipinski definition) is 4. The van der Waals surface area contributed by atoms with Crippen molar-refractivity contribution >= 4 is 11.9 Å². The van der Waals surface area contributed by atoms with Crippen LogP contribution in [0.1, 0.15) is 30.0 Å². The second-order valence-electron chi connectivity index (χ2n) is 2.52. The highest BCUT2D eigenvalue weighted by Gasteiger charge is 2.15. The predicted octanol–water partition coefficient (Wildman–Crippen LogP) is 0.731. The number of H-pyrrole nitrogens is 1. The number of carbonyl (C=O) groups excluding carboxylic acids is 1. The van der Waals surface area contributed by atoms with E-state index in [1.165, 1.54) is 0 Å². The van der Waals surface area contributed by atoms with Gasteiger partial charge in [-0.1, -0.05) is 6.92 Å². The van der Waals surface area contributed by atoms with E-state index in [-0.39, 0.29) is 5.95 Å². The topological polar surface area (TPSA) is 81.0 Å². The van der Waals surface area contributed by atoms with Crippen LogP contribution < -0.4 is 5.73 Å². The first kappa shape index (κ1) is 9.57. The largest absolute Gasteiger partial charge is 0.461 e. The first-order valence-corrected chi connectivity index (χ1v) is 4.20. The van der Waals surface area contributed by atoms with E-state index in [0.29, 0.717) is 18.7 Å². The number of esters is 1. The number of hydrogen-bond donors (Lipinski definition) is 2. The number of nitrogens with zero attached hydrogens (tertiary/aromatic N) is 1. The minimum atomic E-state index is -0.424. The number of anilines is 1. The van der Waals surface area contributed by atoms with E-state index in [0.717, 1.165) is 5.69 Å². The SMILES string of the molecule is CCOC(=O)c1nc(N)[nH]c1CC. The van der Waals surface area contributed by atoms with Crippen molar-refractivity contribution in [3.8, 4) is 0 Å². The fourth-order valence-corrected chi connectivity index (χ4v) is 1.05. The van der Waals surface area contributed by atoms with Gasteiger partial charge in [0.2, 0.25) is 0 Å². The molecule has 5 nitrogen and oxygen atoms in total. The van der Waals surface area contributed by atoms with Gasteiger partial charge in [0, 0.05) is 0 Å². The highest BCUT2D eigenvalue weighted by molar-refractivity contribution is 5.89. The lowest BCUT2D eigenvalue weighted by atomic mass is 10.3. The highest BCUT2D eigenvalue weighted by Crippen LogP contribution is 2.09. The fourth-order valence-electron chi connectivity index (χ4n) is 1.05. The Hall–Kier alpha value is -1.52. The van der Waals surface area contributed by atoms with Gasteiger partial charge in [0.1, 0.15) is 0 Å². The van der Waals surface area contributed by atoms with Crippen molar-refractivity contribution in [1.29, 1.82) is 0 Å². The van der Waals surface area contributed by atoms with Gasteiger partial charge >= 0.3 is 5.97 Å². The Morgan fingerprint density at radius 2 is 2.31 bits per heavy atom. The number of aryl methyl sites for hydroxylation is 1. The number of rotatable bonds is 3. The summed E-state index contributed by atoms with van der Waals surface area (Å²) in [5.74, 6) is -0.174. The summed E-state index contributed by atoms with van der Waals surface area (Å²) in [6, 6.07) is 0. The van der Waals surface area contributed by atoms with Gasteiger partial charge in [0.15, 0.2) is 11.6 Å². The second kappa shape index (κ2) is 3.93. The summed E-state index contributed by atoms with van der Waals surface area (Å²) < 4.78 is 4.81. The molecule has 0 aliphatic rings. The zero-order valence-electron chi connectivity index (χ0n) is 7.76. The summed E-state index contributed by atoms with van der Waals surface area (Å²) in [4.78, 5) is 17.9. The maximum Gasteiger partial charge on any atom is 0.358 e. The molecule has 0 radical (unpaired) electrons. The zero-order chi connectivity index (χ0) is 9.84. The molecule has 0 aromatic carbocycles. The van der Waals surface area contributed by atoms with Gasteiger partial charge in [-0.3, -0.25) is 0 Å². The van der Waals surface area contributed by atoms with Crippen LogP contribution in [-0.4, -0.2) is 22.5 Å². The van der Waals surface area contributed by atoms with E-state index in [1.807, 2.05) is 6.92 Å². The van der Waals surface area contributed by atoms with Gasteiger partial charge in [-0.15, -0.1) is 0 Å². The molecule has 1 rings (SSSR count). The van der Waals surface area contributed by atoms with Gasteiger partial charge in [0.05, 0.1) is 12.3 Å². The second-order valence-corrected chi connectivity index (χ2v) is 2.52. The molecule has 1 aromatic rings. The summed E-state index contributed by atoms with van der Waals surface area (Å²) in [6.07, 6.45) is 0.679. The van der Waals surface area contributed by atoms with Crippen molar-refractivity contribution in [1.82, 2.24) is 9.97 Å². The maximum atomic E-state index is 11.3. The van der Waals surface area contributed by atoms with Crippen LogP contribution in [0.2, 0.25) is 0 Å². The minimum Gasteiger partial charge on any atom is -0.461 e. The first-order valence-electron chi connectivity index (χ1n) is 4.20. The zero-order valence-corrected chi connectivity index (χ0v) is 7.76. The number of aromatic amines is 1. The highest BCUT2D eigenvalue weighted by atomic mass is 16.5. The van der Waals surface area contributed by atoms with Crippen LogP contribution in [0, 0.1) is 0 Å². The number of ether oxygens (including phenoxy) is 1. The monoisotopic (exact) mass is 183 g/mol. The Balaban J connectivity index is 2.91. The molecule has 0 fully saturated rings. The molecule has 0 amide bonds. The molecule has 72 valence electrons. The average molecular weight is 183 g/mol. The van der Waals surface area contributed by atoms with Crippen molar-refractivity contribution in [3.63, 3.8) is 0 Å². The van der Waals surface area contributed by atoms with E-state index >= 15 is 0 Å². The van der Waals surface area contributed by atoms with Crippen molar-refractivity contribution in [2.45, 2.75) is 20.3 Å². The quantitative estimate of drug-likeness (QED) is 0.677. The third-order valence-corrected chi connectivity index (χ3v) is 1.62. The Bertz CT molecular complexity index is 306. The molecule has 0 bridgehead atoms.